The second-order valence-corrected chi connectivity index (χ2v) is 4.25. The number of hydrogen-bond donors (Lipinski definition) is 2. The third-order valence-corrected chi connectivity index (χ3v) is 3.25. The minimum Gasteiger partial charge on any atom is -0.477 e. The molecule has 3 N–H and O–H groups in total. The van der Waals surface area contributed by atoms with Crippen molar-refractivity contribution < 1.29 is 14.7 Å². The number of aromatic nitrogens is 1. The summed E-state index contributed by atoms with van der Waals surface area (Å²) in [6.07, 6.45) is 0. The summed E-state index contributed by atoms with van der Waals surface area (Å²) < 4.78 is 0. The first kappa shape index (κ1) is 10.6. The number of carboxylic acids is 1. The van der Waals surface area contributed by atoms with Gasteiger partial charge in [-0.15, -0.1) is 11.3 Å². The summed E-state index contributed by atoms with van der Waals surface area (Å²) in [7, 11) is 0. The number of pyridine rings is 1. The number of rotatable bonds is 2. The average Bonchev–Trinajstić information content (AvgIpc) is 2.55. The van der Waals surface area contributed by atoms with Gasteiger partial charge in [0.05, 0.1) is 5.69 Å². The van der Waals surface area contributed by atoms with Crippen LogP contribution in [0.4, 0.5) is 5.69 Å². The molecule has 0 unspecified atom stereocenters. The van der Waals surface area contributed by atoms with Crippen molar-refractivity contribution in [1.29, 1.82) is 0 Å². The zero-order valence-electron chi connectivity index (χ0n) is 8.35. The molecule has 0 aliphatic heterocycles. The van der Waals surface area contributed by atoms with Gasteiger partial charge in [-0.2, -0.15) is 0 Å². The standard InChI is InChI=1S/C10H8N2O3S/c1-4(13)6-3-2-5-7(11)8(10(14)15)16-9(5)12-6/h2-3H,11H2,1H3,(H,14,15). The largest absolute Gasteiger partial charge is 0.477 e. The van der Waals surface area contributed by atoms with Crippen molar-refractivity contribution in [2.75, 3.05) is 5.73 Å². The highest BCUT2D eigenvalue weighted by Gasteiger charge is 2.16. The molecule has 0 saturated carbocycles. The minimum atomic E-state index is -1.08. The number of anilines is 1. The van der Waals surface area contributed by atoms with Crippen LogP contribution in [0.5, 0.6) is 0 Å². The van der Waals surface area contributed by atoms with E-state index >= 15 is 0 Å². The molecule has 0 aliphatic rings. The van der Waals surface area contributed by atoms with Crippen molar-refractivity contribution in [3.63, 3.8) is 0 Å². The quantitative estimate of drug-likeness (QED) is 0.775. The van der Waals surface area contributed by atoms with Gasteiger partial charge < -0.3 is 10.8 Å². The summed E-state index contributed by atoms with van der Waals surface area (Å²) in [5.41, 5.74) is 6.19. The molecule has 2 rings (SSSR count). The Hall–Kier alpha value is -1.95. The molecule has 0 spiro atoms. The van der Waals surface area contributed by atoms with Crippen LogP contribution in [0.25, 0.3) is 10.2 Å². The van der Waals surface area contributed by atoms with Gasteiger partial charge in [0.15, 0.2) is 5.78 Å². The summed E-state index contributed by atoms with van der Waals surface area (Å²) in [5.74, 6) is -1.24. The van der Waals surface area contributed by atoms with E-state index in [1.807, 2.05) is 0 Å². The van der Waals surface area contributed by atoms with Gasteiger partial charge in [-0.25, -0.2) is 9.78 Å². The third-order valence-electron chi connectivity index (χ3n) is 2.15. The van der Waals surface area contributed by atoms with Crippen LogP contribution in [0.15, 0.2) is 12.1 Å². The van der Waals surface area contributed by atoms with Crippen LogP contribution in [0.3, 0.4) is 0 Å². The fourth-order valence-electron chi connectivity index (χ4n) is 1.35. The molecular weight excluding hydrogens is 228 g/mol. The fraction of sp³-hybridized carbons (Fsp3) is 0.100. The van der Waals surface area contributed by atoms with E-state index < -0.39 is 5.97 Å². The highest BCUT2D eigenvalue weighted by molar-refractivity contribution is 7.21. The number of carbonyl (C=O) groups is 2. The number of nitrogens with zero attached hydrogens (tertiary/aromatic N) is 1. The molecule has 0 atom stereocenters. The van der Waals surface area contributed by atoms with E-state index in [-0.39, 0.29) is 16.3 Å². The lowest BCUT2D eigenvalue weighted by Crippen LogP contribution is -1.97. The number of Topliss-reactive ketones (excluding diaryl/α,β-unsaturated/α-hetero) is 1. The molecule has 0 aliphatic carbocycles. The van der Waals surface area contributed by atoms with E-state index in [2.05, 4.69) is 4.98 Å². The Morgan fingerprint density at radius 3 is 2.69 bits per heavy atom. The summed E-state index contributed by atoms with van der Waals surface area (Å²) in [6.45, 7) is 1.41. The molecule has 82 valence electrons. The van der Waals surface area contributed by atoms with Gasteiger partial charge in [-0.3, -0.25) is 4.79 Å². The predicted octanol–water partition coefficient (Wildman–Crippen LogP) is 1.78. The molecule has 0 fully saturated rings. The summed E-state index contributed by atoms with van der Waals surface area (Å²) in [4.78, 5) is 26.6. The molecular formula is C10H8N2O3S. The van der Waals surface area contributed by atoms with Crippen molar-refractivity contribution in [1.82, 2.24) is 4.98 Å². The summed E-state index contributed by atoms with van der Waals surface area (Å²) in [5, 5.41) is 9.46. The topological polar surface area (TPSA) is 93.3 Å². The number of hydrogen-bond acceptors (Lipinski definition) is 5. The maximum absolute atomic E-state index is 11.1. The third kappa shape index (κ3) is 1.53. The van der Waals surface area contributed by atoms with Crippen LogP contribution < -0.4 is 5.73 Å². The molecule has 2 aromatic heterocycles. The average molecular weight is 236 g/mol. The van der Waals surface area contributed by atoms with Crippen molar-refractivity contribution in [2.24, 2.45) is 0 Å². The molecule has 0 bridgehead atoms. The molecule has 2 heterocycles. The smallest absolute Gasteiger partial charge is 0.348 e. The monoisotopic (exact) mass is 236 g/mol. The van der Waals surface area contributed by atoms with Crippen LogP contribution in [0, 0.1) is 0 Å². The Balaban J connectivity index is 2.72. The Bertz CT molecular complexity index is 603. The number of aromatic carboxylic acids is 1. The summed E-state index contributed by atoms with van der Waals surface area (Å²) in [6, 6.07) is 3.16. The molecule has 0 saturated heterocycles. The van der Waals surface area contributed by atoms with E-state index in [0.29, 0.717) is 15.9 Å². The van der Waals surface area contributed by atoms with Gasteiger partial charge in [0, 0.05) is 12.3 Å². The van der Waals surface area contributed by atoms with Gasteiger partial charge in [-0.1, -0.05) is 0 Å². The van der Waals surface area contributed by atoms with E-state index in [1.54, 1.807) is 12.1 Å². The number of fused-ring (bicyclic) bond motifs is 1. The lowest BCUT2D eigenvalue weighted by atomic mass is 10.2. The number of carbonyl (C=O) groups excluding carboxylic acids is 1. The summed E-state index contributed by atoms with van der Waals surface area (Å²) >= 11 is 0.976. The maximum atomic E-state index is 11.1. The molecule has 0 aromatic carbocycles. The van der Waals surface area contributed by atoms with Gasteiger partial charge in [0.1, 0.15) is 15.4 Å². The first-order chi connectivity index (χ1) is 7.50. The number of nitrogens with two attached hydrogens (primary N) is 1. The van der Waals surface area contributed by atoms with Gasteiger partial charge in [0.2, 0.25) is 0 Å². The number of nitrogen functional groups attached to an aromatic ring is 1. The molecule has 5 nitrogen and oxygen atoms in total. The molecule has 0 amide bonds. The molecule has 2 aromatic rings. The number of ketones is 1. The lowest BCUT2D eigenvalue weighted by Gasteiger charge is -1.94. The van der Waals surface area contributed by atoms with Crippen LogP contribution in [0.1, 0.15) is 27.1 Å². The Morgan fingerprint density at radius 2 is 2.12 bits per heavy atom. The van der Waals surface area contributed by atoms with Crippen LogP contribution >= 0.6 is 11.3 Å². The van der Waals surface area contributed by atoms with E-state index in [0.717, 1.165) is 11.3 Å². The van der Waals surface area contributed by atoms with Crippen LogP contribution in [0.2, 0.25) is 0 Å². The first-order valence-corrected chi connectivity index (χ1v) is 5.25. The maximum Gasteiger partial charge on any atom is 0.348 e. The van der Waals surface area contributed by atoms with E-state index in [1.165, 1.54) is 6.92 Å². The van der Waals surface area contributed by atoms with Crippen molar-refractivity contribution >= 4 is 39.0 Å². The second-order valence-electron chi connectivity index (χ2n) is 3.26. The highest BCUT2D eigenvalue weighted by atomic mass is 32.1. The van der Waals surface area contributed by atoms with Crippen molar-refractivity contribution in [3.05, 3.63) is 22.7 Å². The second kappa shape index (κ2) is 3.57. The normalized spacial score (nSPS) is 10.6. The number of carboxylic acid groups (broad SMARTS) is 1. The predicted molar refractivity (Wildman–Crippen MR) is 61.0 cm³/mol. The molecule has 0 radical (unpaired) electrons. The van der Waals surface area contributed by atoms with Crippen molar-refractivity contribution in [2.45, 2.75) is 6.92 Å². The van der Waals surface area contributed by atoms with Crippen LogP contribution in [-0.4, -0.2) is 21.8 Å². The Kier molecular flexibility index (Phi) is 2.35. The van der Waals surface area contributed by atoms with E-state index in [9.17, 15) is 9.59 Å². The Morgan fingerprint density at radius 1 is 1.44 bits per heavy atom. The van der Waals surface area contributed by atoms with Gasteiger partial charge in [0.25, 0.3) is 0 Å². The van der Waals surface area contributed by atoms with E-state index in [4.69, 9.17) is 10.8 Å². The van der Waals surface area contributed by atoms with Gasteiger partial charge in [-0.05, 0) is 12.1 Å². The van der Waals surface area contributed by atoms with Gasteiger partial charge >= 0.3 is 5.97 Å². The zero-order chi connectivity index (χ0) is 11.9. The molecule has 6 heteroatoms. The fourth-order valence-corrected chi connectivity index (χ4v) is 2.28. The number of thiophene rings is 1. The lowest BCUT2D eigenvalue weighted by molar-refractivity contribution is 0.0703. The first-order valence-electron chi connectivity index (χ1n) is 4.44. The molecule has 16 heavy (non-hydrogen) atoms. The Labute approximate surface area is 94.5 Å². The zero-order valence-corrected chi connectivity index (χ0v) is 9.17. The highest BCUT2D eigenvalue weighted by Crippen LogP contribution is 2.32. The van der Waals surface area contributed by atoms with Crippen molar-refractivity contribution in [3.8, 4) is 0 Å². The SMILES string of the molecule is CC(=O)c1ccc2c(N)c(C(=O)O)sc2n1. The van der Waals surface area contributed by atoms with Crippen LogP contribution in [-0.2, 0) is 0 Å². The minimum absolute atomic E-state index is 0.0585.